The second-order valence-electron chi connectivity index (χ2n) is 8.98. The van der Waals surface area contributed by atoms with Crippen molar-refractivity contribution in [3.63, 3.8) is 0 Å². The van der Waals surface area contributed by atoms with Gasteiger partial charge in [-0.15, -0.1) is 0 Å². The highest BCUT2D eigenvalue weighted by Crippen LogP contribution is 2.44. The molecule has 1 fully saturated rings. The highest BCUT2D eigenvalue weighted by Gasteiger charge is 2.44. The van der Waals surface area contributed by atoms with Gasteiger partial charge < -0.3 is 0 Å². The lowest BCUT2D eigenvalue weighted by molar-refractivity contribution is -0.142. The van der Waals surface area contributed by atoms with Crippen molar-refractivity contribution in [1.29, 1.82) is 0 Å². The van der Waals surface area contributed by atoms with Crippen LogP contribution in [0.1, 0.15) is 47.8 Å². The van der Waals surface area contributed by atoms with Gasteiger partial charge in [-0.2, -0.15) is 23.4 Å². The number of carbonyl (C=O) groups is 1. The molecule has 2 aliphatic rings. The van der Waals surface area contributed by atoms with Gasteiger partial charge in [0, 0.05) is 11.6 Å². The highest BCUT2D eigenvalue weighted by atomic mass is 19.4. The Bertz CT molecular complexity index is 1280. The Morgan fingerprint density at radius 1 is 1.09 bits per heavy atom. The van der Waals surface area contributed by atoms with E-state index in [0.29, 0.717) is 0 Å². The fraction of sp³-hybridized carbons (Fsp3) is 0.296. The SMILES string of the molecule is Cc1cc(C(F)(F)F)nn1CC(=O)N1N=C2/C(=C/c3ccccc3)CCC[C@@H]2[C@@H]1c1ccccc1. The van der Waals surface area contributed by atoms with Gasteiger partial charge in [-0.25, -0.2) is 5.01 Å². The summed E-state index contributed by atoms with van der Waals surface area (Å²) in [5.41, 5.74) is 3.28. The molecule has 3 aromatic rings. The van der Waals surface area contributed by atoms with Crippen LogP contribution in [0.15, 0.2) is 77.4 Å². The second kappa shape index (κ2) is 9.17. The van der Waals surface area contributed by atoms with Gasteiger partial charge in [-0.3, -0.25) is 9.48 Å². The zero-order valence-electron chi connectivity index (χ0n) is 19.2. The van der Waals surface area contributed by atoms with Gasteiger partial charge in [-0.05, 0) is 55.0 Å². The molecular weight excluding hydrogens is 453 g/mol. The van der Waals surface area contributed by atoms with E-state index in [1.807, 2.05) is 60.7 Å². The van der Waals surface area contributed by atoms with Gasteiger partial charge >= 0.3 is 6.18 Å². The number of hydrogen-bond acceptors (Lipinski definition) is 3. The molecule has 1 aromatic heterocycles. The first-order valence-corrected chi connectivity index (χ1v) is 11.6. The number of halogens is 3. The standard InChI is InChI=1S/C27H25F3N4O/c1-18-15-23(27(28,29)30)31-33(18)17-24(35)34-26(20-11-6-3-7-12-20)22-14-8-13-21(25(22)32-34)16-19-9-4-2-5-10-19/h2-7,9-12,15-16,22,26H,8,13-14,17H2,1H3/b21-16+/t22-,26-/m0/s1. The summed E-state index contributed by atoms with van der Waals surface area (Å²) in [4.78, 5) is 13.5. The molecule has 2 atom stereocenters. The molecule has 35 heavy (non-hydrogen) atoms. The van der Waals surface area contributed by atoms with E-state index in [2.05, 4.69) is 11.2 Å². The van der Waals surface area contributed by atoms with Gasteiger partial charge in [-0.1, -0.05) is 60.7 Å². The van der Waals surface area contributed by atoms with Gasteiger partial charge in [0.2, 0.25) is 0 Å². The van der Waals surface area contributed by atoms with E-state index < -0.39 is 11.9 Å². The van der Waals surface area contributed by atoms with Crippen LogP contribution in [0.4, 0.5) is 13.2 Å². The molecule has 0 unspecified atom stereocenters. The summed E-state index contributed by atoms with van der Waals surface area (Å²) < 4.78 is 40.5. The van der Waals surface area contributed by atoms with Crippen molar-refractivity contribution in [2.24, 2.45) is 11.0 Å². The largest absolute Gasteiger partial charge is 0.435 e. The maximum absolute atomic E-state index is 13.5. The molecule has 5 nitrogen and oxygen atoms in total. The Kier molecular flexibility index (Phi) is 6.05. The maximum atomic E-state index is 13.5. The first-order valence-electron chi connectivity index (χ1n) is 11.6. The lowest BCUT2D eigenvalue weighted by Crippen LogP contribution is -2.34. The molecule has 2 aromatic carbocycles. The van der Waals surface area contributed by atoms with Crippen LogP contribution in [0.5, 0.6) is 0 Å². The minimum atomic E-state index is -4.56. The quantitative estimate of drug-likeness (QED) is 0.460. The van der Waals surface area contributed by atoms with Crippen LogP contribution in [0.2, 0.25) is 0 Å². The van der Waals surface area contributed by atoms with E-state index in [4.69, 9.17) is 5.10 Å². The molecule has 1 saturated carbocycles. The van der Waals surface area contributed by atoms with Crippen LogP contribution in [-0.4, -0.2) is 26.4 Å². The van der Waals surface area contributed by atoms with Crippen LogP contribution < -0.4 is 0 Å². The summed E-state index contributed by atoms with van der Waals surface area (Å²) >= 11 is 0. The second-order valence-corrected chi connectivity index (χ2v) is 8.98. The van der Waals surface area contributed by atoms with Crippen molar-refractivity contribution in [2.75, 3.05) is 0 Å². The van der Waals surface area contributed by atoms with Crippen molar-refractivity contribution in [2.45, 2.75) is 44.9 Å². The number of rotatable bonds is 4. The van der Waals surface area contributed by atoms with E-state index in [9.17, 15) is 18.0 Å². The lowest BCUT2D eigenvalue weighted by Gasteiger charge is -2.29. The molecule has 180 valence electrons. The predicted octanol–water partition coefficient (Wildman–Crippen LogP) is 6.03. The molecule has 0 bridgehead atoms. The fourth-order valence-electron chi connectivity index (χ4n) is 4.95. The van der Waals surface area contributed by atoms with Gasteiger partial charge in [0.1, 0.15) is 6.54 Å². The third kappa shape index (κ3) is 4.65. The summed E-state index contributed by atoms with van der Waals surface area (Å²) in [6, 6.07) is 20.3. The molecule has 0 N–H and O–H groups in total. The van der Waals surface area contributed by atoms with Crippen LogP contribution in [0.3, 0.4) is 0 Å². The number of aromatic nitrogens is 2. The summed E-state index contributed by atoms with van der Waals surface area (Å²) in [7, 11) is 0. The van der Waals surface area contributed by atoms with E-state index in [1.54, 1.807) is 0 Å². The number of aryl methyl sites for hydroxylation is 1. The average Bonchev–Trinajstić information content (AvgIpc) is 3.42. The first kappa shape index (κ1) is 23.1. The minimum Gasteiger partial charge on any atom is -0.271 e. The number of fused-ring (bicyclic) bond motifs is 1. The topological polar surface area (TPSA) is 50.5 Å². The molecule has 1 aliphatic heterocycles. The molecule has 0 spiro atoms. The van der Waals surface area contributed by atoms with Gasteiger partial charge in [0.15, 0.2) is 5.69 Å². The molecule has 1 amide bonds. The number of carbonyl (C=O) groups excluding carboxylic acids is 1. The number of alkyl halides is 3. The number of hydrogen-bond donors (Lipinski definition) is 0. The number of hydrazone groups is 1. The van der Waals surface area contributed by atoms with Crippen LogP contribution >= 0.6 is 0 Å². The molecule has 8 heteroatoms. The van der Waals surface area contributed by atoms with Crippen LogP contribution in [0.25, 0.3) is 6.08 Å². The Morgan fingerprint density at radius 3 is 2.43 bits per heavy atom. The highest BCUT2D eigenvalue weighted by molar-refractivity contribution is 6.08. The third-order valence-corrected chi connectivity index (χ3v) is 6.60. The zero-order valence-corrected chi connectivity index (χ0v) is 19.2. The minimum absolute atomic E-state index is 0.0227. The number of amides is 1. The van der Waals surface area contributed by atoms with E-state index in [-0.39, 0.29) is 30.1 Å². The van der Waals surface area contributed by atoms with E-state index in [0.717, 1.165) is 52.4 Å². The molecule has 2 heterocycles. The Hall–Kier alpha value is -3.68. The average molecular weight is 479 g/mol. The van der Waals surface area contributed by atoms with Gasteiger partial charge in [0.25, 0.3) is 5.91 Å². The smallest absolute Gasteiger partial charge is 0.271 e. The fourth-order valence-corrected chi connectivity index (χ4v) is 4.95. The van der Waals surface area contributed by atoms with Crippen molar-refractivity contribution < 1.29 is 18.0 Å². The number of nitrogens with zero attached hydrogens (tertiary/aromatic N) is 4. The lowest BCUT2D eigenvalue weighted by atomic mass is 9.77. The maximum Gasteiger partial charge on any atom is 0.435 e. The molecular formula is C27H25F3N4O. The summed E-state index contributed by atoms with van der Waals surface area (Å²) in [6.45, 7) is 1.20. The van der Waals surface area contributed by atoms with Crippen LogP contribution in [0, 0.1) is 12.8 Å². The molecule has 1 aliphatic carbocycles. The Labute approximate surface area is 201 Å². The predicted molar refractivity (Wildman–Crippen MR) is 127 cm³/mol. The first-order chi connectivity index (χ1) is 16.8. The zero-order chi connectivity index (χ0) is 24.6. The molecule has 5 rings (SSSR count). The van der Waals surface area contributed by atoms with Crippen molar-refractivity contribution in [1.82, 2.24) is 14.8 Å². The monoisotopic (exact) mass is 478 g/mol. The summed E-state index contributed by atoms with van der Waals surface area (Å²) in [6.07, 6.45) is 0.273. The summed E-state index contributed by atoms with van der Waals surface area (Å²) in [5.74, 6) is -0.366. The van der Waals surface area contributed by atoms with Crippen molar-refractivity contribution >= 4 is 17.7 Å². The van der Waals surface area contributed by atoms with Crippen LogP contribution in [-0.2, 0) is 17.5 Å². The Morgan fingerprint density at radius 2 is 1.77 bits per heavy atom. The third-order valence-electron chi connectivity index (χ3n) is 6.60. The number of allylic oxidation sites excluding steroid dienone is 1. The van der Waals surface area contributed by atoms with Gasteiger partial charge in [0.05, 0.1) is 11.8 Å². The van der Waals surface area contributed by atoms with E-state index >= 15 is 0 Å². The summed E-state index contributed by atoms with van der Waals surface area (Å²) in [5, 5.41) is 9.90. The molecule has 0 radical (unpaired) electrons. The van der Waals surface area contributed by atoms with Crippen molar-refractivity contribution in [3.8, 4) is 0 Å². The van der Waals surface area contributed by atoms with E-state index in [1.165, 1.54) is 11.9 Å². The number of benzene rings is 2. The van der Waals surface area contributed by atoms with Crippen molar-refractivity contribution in [3.05, 3.63) is 94.8 Å². The normalized spacial score (nSPS) is 21.2. The Balaban J connectivity index is 1.50. The molecule has 0 saturated heterocycles.